The molecule has 1 saturated carbocycles. The van der Waals surface area contributed by atoms with Crippen molar-refractivity contribution in [3.63, 3.8) is 0 Å². The van der Waals surface area contributed by atoms with Crippen molar-refractivity contribution in [1.82, 2.24) is 15.5 Å². The maximum Gasteiger partial charge on any atom is 0.223 e. The normalized spacial score (nSPS) is 17.0. The lowest BCUT2D eigenvalue weighted by atomic mass is 9.89. The van der Waals surface area contributed by atoms with Crippen LogP contribution in [0.25, 0.3) is 0 Å². The highest BCUT2D eigenvalue weighted by Gasteiger charge is 2.38. The molecule has 3 rings (SSSR count). The number of carbonyl (C=O) groups excluding carboxylic acids is 1. The molecule has 5 nitrogen and oxygen atoms in total. The summed E-state index contributed by atoms with van der Waals surface area (Å²) in [5.41, 5.74) is 0.272. The summed E-state index contributed by atoms with van der Waals surface area (Å²) in [6.07, 6.45) is 6.80. The van der Waals surface area contributed by atoms with Crippen molar-refractivity contribution in [3.05, 3.63) is 47.4 Å². The molecule has 1 amide bonds. The Balaban J connectivity index is 1.70. The van der Waals surface area contributed by atoms with Crippen LogP contribution in [0.15, 0.2) is 28.8 Å². The Kier molecular flexibility index (Phi) is 5.46. The van der Waals surface area contributed by atoms with Crippen LogP contribution in [-0.2, 0) is 16.8 Å². The summed E-state index contributed by atoms with van der Waals surface area (Å²) in [6.45, 7) is 1.76. The van der Waals surface area contributed by atoms with Gasteiger partial charge in [0.1, 0.15) is 11.4 Å². The number of aryl methyl sites for hydroxylation is 2. The first-order chi connectivity index (χ1) is 12.1. The number of nitrogens with one attached hydrogen (secondary N) is 1. The number of hydrogen-bond donors (Lipinski definition) is 1. The molecule has 1 aliphatic rings. The molecule has 1 heterocycles. The van der Waals surface area contributed by atoms with E-state index in [1.54, 1.807) is 13.0 Å². The smallest absolute Gasteiger partial charge is 0.223 e. The second-order valence-electron chi connectivity index (χ2n) is 6.81. The van der Waals surface area contributed by atoms with Crippen molar-refractivity contribution in [2.24, 2.45) is 0 Å². The molecular weight excluding hydrogens is 321 g/mol. The molecule has 0 unspecified atom stereocenters. The van der Waals surface area contributed by atoms with Gasteiger partial charge < -0.3 is 9.84 Å². The molecule has 0 bridgehead atoms. The van der Waals surface area contributed by atoms with Crippen LogP contribution in [0.4, 0.5) is 4.39 Å². The molecule has 0 radical (unpaired) electrons. The molecule has 1 aliphatic carbocycles. The van der Waals surface area contributed by atoms with Crippen LogP contribution in [0.2, 0.25) is 0 Å². The molecule has 0 saturated heterocycles. The third-order valence-electron chi connectivity index (χ3n) is 4.82. The Hall–Kier alpha value is -2.24. The van der Waals surface area contributed by atoms with Gasteiger partial charge in [-0.1, -0.05) is 43.0 Å². The van der Waals surface area contributed by atoms with Crippen molar-refractivity contribution in [2.75, 3.05) is 0 Å². The molecule has 25 heavy (non-hydrogen) atoms. The summed E-state index contributed by atoms with van der Waals surface area (Å²) in [5.74, 6) is 0.743. The molecule has 1 N–H and O–H groups in total. The van der Waals surface area contributed by atoms with Gasteiger partial charge in [0.25, 0.3) is 0 Å². The minimum Gasteiger partial charge on any atom is -0.343 e. The Morgan fingerprint density at radius 1 is 1.28 bits per heavy atom. The van der Waals surface area contributed by atoms with Gasteiger partial charge in [0.15, 0.2) is 5.82 Å². The van der Waals surface area contributed by atoms with Crippen LogP contribution in [0.1, 0.15) is 62.2 Å². The highest BCUT2D eigenvalue weighted by molar-refractivity contribution is 5.77. The molecule has 0 spiro atoms. The zero-order valence-corrected chi connectivity index (χ0v) is 14.6. The number of amides is 1. The summed E-state index contributed by atoms with van der Waals surface area (Å²) in [6, 6.07) is 6.37. The Bertz CT molecular complexity index is 721. The predicted octanol–water partition coefficient (Wildman–Crippen LogP) is 3.82. The van der Waals surface area contributed by atoms with E-state index in [0.29, 0.717) is 24.6 Å². The molecule has 1 aromatic carbocycles. The Morgan fingerprint density at radius 3 is 2.68 bits per heavy atom. The monoisotopic (exact) mass is 345 g/mol. The molecule has 134 valence electrons. The first-order valence-corrected chi connectivity index (χ1v) is 8.94. The standard InChI is InChI=1S/C19H24FN3O2/c1-14-21-18(23-25-14)19(11-4-2-3-5-12-19)22-17(24)10-9-15-7-6-8-16(20)13-15/h6-8,13H,2-5,9-12H2,1H3,(H,22,24). The van der Waals surface area contributed by atoms with Gasteiger partial charge in [-0.2, -0.15) is 4.98 Å². The summed E-state index contributed by atoms with van der Waals surface area (Å²) in [7, 11) is 0. The molecular formula is C19H24FN3O2. The second kappa shape index (κ2) is 7.76. The average molecular weight is 345 g/mol. The van der Waals surface area contributed by atoms with Gasteiger partial charge in [-0.25, -0.2) is 4.39 Å². The number of rotatable bonds is 5. The highest BCUT2D eigenvalue weighted by Crippen LogP contribution is 2.34. The number of nitrogens with zero attached hydrogens (tertiary/aromatic N) is 2. The quantitative estimate of drug-likeness (QED) is 0.837. The third kappa shape index (κ3) is 4.44. The minimum absolute atomic E-state index is 0.0615. The second-order valence-corrected chi connectivity index (χ2v) is 6.81. The van der Waals surface area contributed by atoms with E-state index in [4.69, 9.17) is 4.52 Å². The van der Waals surface area contributed by atoms with E-state index in [1.165, 1.54) is 12.1 Å². The van der Waals surface area contributed by atoms with Gasteiger partial charge in [0, 0.05) is 13.3 Å². The molecule has 1 aromatic heterocycles. The average Bonchev–Trinajstić information content (AvgIpc) is 2.89. The topological polar surface area (TPSA) is 68.0 Å². The van der Waals surface area contributed by atoms with Crippen LogP contribution in [0.5, 0.6) is 0 Å². The maximum atomic E-state index is 13.3. The van der Waals surface area contributed by atoms with E-state index < -0.39 is 5.54 Å². The fourth-order valence-corrected chi connectivity index (χ4v) is 3.51. The van der Waals surface area contributed by atoms with E-state index in [-0.39, 0.29) is 11.7 Å². The lowest BCUT2D eigenvalue weighted by molar-refractivity contribution is -0.123. The van der Waals surface area contributed by atoms with Crippen LogP contribution < -0.4 is 5.32 Å². The fourth-order valence-electron chi connectivity index (χ4n) is 3.51. The van der Waals surface area contributed by atoms with Crippen LogP contribution in [-0.4, -0.2) is 16.0 Å². The van der Waals surface area contributed by atoms with E-state index >= 15 is 0 Å². The lowest BCUT2D eigenvalue weighted by Gasteiger charge is -2.30. The number of hydrogen-bond acceptors (Lipinski definition) is 4. The fraction of sp³-hybridized carbons (Fsp3) is 0.526. The summed E-state index contributed by atoms with van der Waals surface area (Å²) < 4.78 is 18.4. The van der Waals surface area contributed by atoms with Gasteiger partial charge in [-0.05, 0) is 37.0 Å². The number of aromatic nitrogens is 2. The molecule has 1 fully saturated rings. The van der Waals surface area contributed by atoms with E-state index in [2.05, 4.69) is 15.5 Å². The van der Waals surface area contributed by atoms with Gasteiger partial charge >= 0.3 is 0 Å². The number of halogens is 1. The lowest BCUT2D eigenvalue weighted by Crippen LogP contribution is -2.46. The van der Waals surface area contributed by atoms with E-state index in [9.17, 15) is 9.18 Å². The van der Waals surface area contributed by atoms with E-state index in [1.807, 2.05) is 6.07 Å². The predicted molar refractivity (Wildman–Crippen MR) is 91.3 cm³/mol. The van der Waals surface area contributed by atoms with Gasteiger partial charge in [-0.3, -0.25) is 4.79 Å². The molecule has 0 aliphatic heterocycles. The number of carbonyl (C=O) groups is 1. The Labute approximate surface area is 147 Å². The van der Waals surface area contributed by atoms with Crippen molar-refractivity contribution in [3.8, 4) is 0 Å². The minimum atomic E-state index is -0.548. The van der Waals surface area contributed by atoms with Crippen LogP contribution in [0, 0.1) is 12.7 Å². The maximum absolute atomic E-state index is 13.3. The molecule has 2 aromatic rings. The number of benzene rings is 1. The van der Waals surface area contributed by atoms with Crippen molar-refractivity contribution in [2.45, 2.75) is 63.8 Å². The zero-order valence-electron chi connectivity index (χ0n) is 14.6. The van der Waals surface area contributed by atoms with Crippen molar-refractivity contribution in [1.29, 1.82) is 0 Å². The van der Waals surface area contributed by atoms with Crippen LogP contribution in [0.3, 0.4) is 0 Å². The molecule has 6 heteroatoms. The van der Waals surface area contributed by atoms with Crippen molar-refractivity contribution < 1.29 is 13.7 Å². The zero-order chi connectivity index (χ0) is 17.7. The van der Waals surface area contributed by atoms with Gasteiger partial charge in [0.05, 0.1) is 0 Å². The third-order valence-corrected chi connectivity index (χ3v) is 4.82. The summed E-state index contributed by atoms with van der Waals surface area (Å²) in [4.78, 5) is 17.0. The van der Waals surface area contributed by atoms with E-state index in [0.717, 1.165) is 44.1 Å². The van der Waals surface area contributed by atoms with Crippen molar-refractivity contribution >= 4 is 5.91 Å². The van der Waals surface area contributed by atoms with Crippen LogP contribution >= 0.6 is 0 Å². The summed E-state index contributed by atoms with van der Waals surface area (Å²) >= 11 is 0. The highest BCUT2D eigenvalue weighted by atomic mass is 19.1. The van der Waals surface area contributed by atoms with Gasteiger partial charge in [0.2, 0.25) is 11.8 Å². The van der Waals surface area contributed by atoms with Gasteiger partial charge in [-0.15, -0.1) is 0 Å². The summed E-state index contributed by atoms with van der Waals surface area (Å²) in [5, 5.41) is 7.25. The first-order valence-electron chi connectivity index (χ1n) is 8.94. The largest absolute Gasteiger partial charge is 0.343 e. The first kappa shape index (κ1) is 17.6. The molecule has 0 atom stereocenters. The SMILES string of the molecule is Cc1nc(C2(NC(=O)CCc3cccc(F)c3)CCCCCC2)no1. The Morgan fingerprint density at radius 2 is 2.04 bits per heavy atom.